The van der Waals surface area contributed by atoms with Crippen LogP contribution in [0.2, 0.25) is 0 Å². The van der Waals surface area contributed by atoms with E-state index in [1.165, 1.54) is 0 Å². The number of carbonyl (C=O) groups excluding carboxylic acids is 1. The molecule has 1 saturated carbocycles. The number of thioether (sulfide) groups is 1. The lowest BCUT2D eigenvalue weighted by atomic mass is 9.95. The van der Waals surface area contributed by atoms with Crippen molar-refractivity contribution in [3.05, 3.63) is 0 Å². The molecule has 96 valence electrons. The lowest BCUT2D eigenvalue weighted by Gasteiger charge is -2.30. The Morgan fingerprint density at radius 2 is 1.76 bits per heavy atom. The predicted octanol–water partition coefficient (Wildman–Crippen LogP) is 1.31. The van der Waals surface area contributed by atoms with Crippen molar-refractivity contribution in [2.24, 2.45) is 17.8 Å². The van der Waals surface area contributed by atoms with Gasteiger partial charge in [-0.2, -0.15) is 11.8 Å². The van der Waals surface area contributed by atoms with E-state index in [1.807, 2.05) is 23.6 Å². The molecule has 2 rings (SSSR count). The second kappa shape index (κ2) is 5.29. The van der Waals surface area contributed by atoms with E-state index < -0.39 is 11.9 Å². The van der Waals surface area contributed by atoms with Crippen LogP contribution in [0.4, 0.5) is 0 Å². The van der Waals surface area contributed by atoms with E-state index in [0.717, 1.165) is 31.0 Å². The molecule has 2 aliphatic rings. The minimum Gasteiger partial charge on any atom is -0.481 e. The first-order valence-electron chi connectivity index (χ1n) is 6.19. The van der Waals surface area contributed by atoms with Crippen LogP contribution >= 0.6 is 11.8 Å². The van der Waals surface area contributed by atoms with Gasteiger partial charge in [-0.1, -0.05) is 6.92 Å². The molecule has 0 aromatic heterocycles. The summed E-state index contributed by atoms with van der Waals surface area (Å²) in [5.41, 5.74) is 0. The first-order chi connectivity index (χ1) is 8.09. The van der Waals surface area contributed by atoms with Crippen molar-refractivity contribution in [1.82, 2.24) is 4.90 Å². The molecule has 4 nitrogen and oxygen atoms in total. The average molecular weight is 257 g/mol. The maximum atomic E-state index is 12.3. The molecule has 0 aromatic carbocycles. The summed E-state index contributed by atoms with van der Waals surface area (Å²) in [6, 6.07) is 0. The smallest absolute Gasteiger partial charge is 0.307 e. The third-order valence-corrected chi connectivity index (χ3v) is 4.70. The number of amides is 1. The molecule has 1 aliphatic heterocycles. The van der Waals surface area contributed by atoms with Crippen LogP contribution in [0.25, 0.3) is 0 Å². The minimum absolute atomic E-state index is 0.0713. The summed E-state index contributed by atoms with van der Waals surface area (Å²) >= 11 is 1.86. The zero-order chi connectivity index (χ0) is 12.4. The van der Waals surface area contributed by atoms with E-state index in [9.17, 15) is 14.7 Å². The van der Waals surface area contributed by atoms with Gasteiger partial charge in [0.05, 0.1) is 11.8 Å². The summed E-state index contributed by atoms with van der Waals surface area (Å²) in [6.45, 7) is 3.59. The van der Waals surface area contributed by atoms with Crippen LogP contribution < -0.4 is 0 Å². The highest BCUT2D eigenvalue weighted by molar-refractivity contribution is 7.99. The Kier molecular flexibility index (Phi) is 3.97. The van der Waals surface area contributed by atoms with E-state index in [-0.39, 0.29) is 11.8 Å². The van der Waals surface area contributed by atoms with Crippen LogP contribution in [0.5, 0.6) is 0 Å². The molecule has 0 spiro atoms. The van der Waals surface area contributed by atoms with Crippen LogP contribution in [0.3, 0.4) is 0 Å². The zero-order valence-electron chi connectivity index (χ0n) is 10.1. The highest BCUT2D eigenvalue weighted by Crippen LogP contribution is 2.37. The number of aliphatic carboxylic acids is 1. The number of carbonyl (C=O) groups is 2. The SMILES string of the molecule is CC1C[C@H](C(=O)N2CCSCC2)[C@H](C(=O)O)C1. The Morgan fingerprint density at radius 3 is 2.35 bits per heavy atom. The molecule has 17 heavy (non-hydrogen) atoms. The van der Waals surface area contributed by atoms with Gasteiger partial charge in [0.1, 0.15) is 0 Å². The van der Waals surface area contributed by atoms with Crippen LogP contribution in [-0.2, 0) is 9.59 Å². The first-order valence-corrected chi connectivity index (χ1v) is 7.34. The standard InChI is InChI=1S/C12H19NO3S/c1-8-6-9(10(7-8)12(15)16)11(14)13-2-4-17-5-3-13/h8-10H,2-7H2,1H3,(H,15,16)/t8?,9-,10+/m0/s1. The number of hydrogen-bond donors (Lipinski definition) is 1. The second-order valence-corrected chi connectivity index (χ2v) is 6.29. The lowest BCUT2D eigenvalue weighted by Crippen LogP contribution is -2.43. The number of rotatable bonds is 2. The Hall–Kier alpha value is -0.710. The third kappa shape index (κ3) is 2.76. The van der Waals surface area contributed by atoms with Crippen molar-refractivity contribution < 1.29 is 14.7 Å². The zero-order valence-corrected chi connectivity index (χ0v) is 10.9. The number of carboxylic acid groups (broad SMARTS) is 1. The van der Waals surface area contributed by atoms with Gasteiger partial charge < -0.3 is 10.0 Å². The molecule has 3 atom stereocenters. The maximum absolute atomic E-state index is 12.3. The Labute approximate surface area is 106 Å². The Balaban J connectivity index is 2.04. The monoisotopic (exact) mass is 257 g/mol. The van der Waals surface area contributed by atoms with Crippen molar-refractivity contribution in [2.45, 2.75) is 19.8 Å². The van der Waals surface area contributed by atoms with Crippen molar-refractivity contribution >= 4 is 23.6 Å². The molecular formula is C12H19NO3S. The Morgan fingerprint density at radius 1 is 1.18 bits per heavy atom. The van der Waals surface area contributed by atoms with E-state index >= 15 is 0 Å². The normalized spacial score (nSPS) is 33.7. The molecule has 1 amide bonds. The highest BCUT2D eigenvalue weighted by Gasteiger charge is 2.42. The summed E-state index contributed by atoms with van der Waals surface area (Å²) < 4.78 is 0. The largest absolute Gasteiger partial charge is 0.481 e. The minimum atomic E-state index is -0.806. The molecule has 1 N–H and O–H groups in total. The number of hydrogen-bond acceptors (Lipinski definition) is 3. The molecule has 1 unspecified atom stereocenters. The van der Waals surface area contributed by atoms with Gasteiger partial charge in [0.2, 0.25) is 5.91 Å². The predicted molar refractivity (Wildman–Crippen MR) is 66.9 cm³/mol. The fourth-order valence-electron chi connectivity index (χ4n) is 2.86. The molecule has 1 saturated heterocycles. The summed E-state index contributed by atoms with van der Waals surface area (Å²) in [4.78, 5) is 25.3. The quantitative estimate of drug-likeness (QED) is 0.810. The molecule has 1 aliphatic carbocycles. The second-order valence-electron chi connectivity index (χ2n) is 5.07. The van der Waals surface area contributed by atoms with Crippen LogP contribution in [0.15, 0.2) is 0 Å². The first kappa shape index (κ1) is 12.7. The van der Waals surface area contributed by atoms with Gasteiger partial charge in [0, 0.05) is 24.6 Å². The number of carboxylic acids is 1. The van der Waals surface area contributed by atoms with Crippen LogP contribution in [-0.4, -0.2) is 46.5 Å². The summed E-state index contributed by atoms with van der Waals surface area (Å²) in [5, 5.41) is 9.17. The van der Waals surface area contributed by atoms with Gasteiger partial charge in [-0.05, 0) is 18.8 Å². The molecule has 0 bridgehead atoms. The lowest BCUT2D eigenvalue weighted by molar-refractivity contribution is -0.149. The van der Waals surface area contributed by atoms with Crippen molar-refractivity contribution in [2.75, 3.05) is 24.6 Å². The average Bonchev–Trinajstić information content (AvgIpc) is 2.72. The highest BCUT2D eigenvalue weighted by atomic mass is 32.2. The van der Waals surface area contributed by atoms with E-state index in [4.69, 9.17) is 0 Å². The van der Waals surface area contributed by atoms with Gasteiger partial charge in [0.25, 0.3) is 0 Å². The fourth-order valence-corrected chi connectivity index (χ4v) is 3.76. The van der Waals surface area contributed by atoms with Gasteiger partial charge in [-0.3, -0.25) is 9.59 Å². The van der Waals surface area contributed by atoms with Gasteiger partial charge in [-0.15, -0.1) is 0 Å². The van der Waals surface area contributed by atoms with Gasteiger partial charge >= 0.3 is 5.97 Å². The molecule has 0 radical (unpaired) electrons. The van der Waals surface area contributed by atoms with E-state index in [1.54, 1.807) is 0 Å². The third-order valence-electron chi connectivity index (χ3n) is 3.76. The van der Waals surface area contributed by atoms with Crippen LogP contribution in [0.1, 0.15) is 19.8 Å². The number of nitrogens with zero attached hydrogens (tertiary/aromatic N) is 1. The molecular weight excluding hydrogens is 238 g/mol. The summed E-state index contributed by atoms with van der Waals surface area (Å²) in [6.07, 6.45) is 1.38. The van der Waals surface area contributed by atoms with E-state index in [0.29, 0.717) is 12.3 Å². The van der Waals surface area contributed by atoms with Gasteiger partial charge in [-0.25, -0.2) is 0 Å². The molecule has 0 aromatic rings. The topological polar surface area (TPSA) is 57.6 Å². The fraction of sp³-hybridized carbons (Fsp3) is 0.833. The summed E-state index contributed by atoms with van der Waals surface area (Å²) in [5.74, 6) is 0.820. The van der Waals surface area contributed by atoms with Crippen molar-refractivity contribution in [3.63, 3.8) is 0 Å². The molecule has 2 fully saturated rings. The summed E-state index contributed by atoms with van der Waals surface area (Å²) in [7, 11) is 0. The van der Waals surface area contributed by atoms with Crippen LogP contribution in [0, 0.1) is 17.8 Å². The van der Waals surface area contributed by atoms with E-state index in [2.05, 4.69) is 0 Å². The molecule has 1 heterocycles. The Bertz CT molecular complexity index is 315. The van der Waals surface area contributed by atoms with Crippen molar-refractivity contribution in [1.29, 1.82) is 0 Å². The maximum Gasteiger partial charge on any atom is 0.307 e. The van der Waals surface area contributed by atoms with Gasteiger partial charge in [0.15, 0.2) is 0 Å². The van der Waals surface area contributed by atoms with Crippen molar-refractivity contribution in [3.8, 4) is 0 Å². The molecule has 5 heteroatoms.